The summed E-state index contributed by atoms with van der Waals surface area (Å²) in [6.45, 7) is 6.94. The Morgan fingerprint density at radius 1 is 1.37 bits per heavy atom. The van der Waals surface area contributed by atoms with Gasteiger partial charge in [0.2, 0.25) is 0 Å². The van der Waals surface area contributed by atoms with Crippen LogP contribution in [-0.2, 0) is 0 Å². The summed E-state index contributed by atoms with van der Waals surface area (Å²) in [6, 6.07) is 5.63. The maximum Gasteiger partial charge on any atom is 0.136 e. The van der Waals surface area contributed by atoms with Gasteiger partial charge in [0.1, 0.15) is 24.2 Å². The SMILES string of the molecule is COc1ccc(I)c(OCC(O)CNC(C)(C)C)c1. The first kappa shape index (κ1) is 16.5. The van der Waals surface area contributed by atoms with Gasteiger partial charge in [-0.25, -0.2) is 0 Å². The van der Waals surface area contributed by atoms with Crippen molar-refractivity contribution in [2.24, 2.45) is 0 Å². The van der Waals surface area contributed by atoms with Crippen molar-refractivity contribution in [1.82, 2.24) is 5.32 Å². The molecule has 0 radical (unpaired) electrons. The Morgan fingerprint density at radius 3 is 2.63 bits per heavy atom. The number of hydrogen-bond donors (Lipinski definition) is 2. The van der Waals surface area contributed by atoms with E-state index >= 15 is 0 Å². The molecular weight excluding hydrogens is 357 g/mol. The van der Waals surface area contributed by atoms with E-state index in [0.29, 0.717) is 6.54 Å². The van der Waals surface area contributed by atoms with Gasteiger partial charge in [0.05, 0.1) is 10.7 Å². The van der Waals surface area contributed by atoms with Gasteiger partial charge in [0, 0.05) is 18.2 Å². The molecule has 0 saturated heterocycles. The molecule has 19 heavy (non-hydrogen) atoms. The molecule has 1 unspecified atom stereocenters. The minimum absolute atomic E-state index is 0.00856. The third-order valence-electron chi connectivity index (χ3n) is 2.44. The van der Waals surface area contributed by atoms with E-state index in [1.165, 1.54) is 0 Å². The van der Waals surface area contributed by atoms with Crippen LogP contribution in [0.4, 0.5) is 0 Å². The van der Waals surface area contributed by atoms with E-state index in [1.807, 2.05) is 18.2 Å². The number of halogens is 1. The highest BCUT2D eigenvalue weighted by Gasteiger charge is 2.13. The molecule has 1 aromatic rings. The number of methoxy groups -OCH3 is 1. The zero-order chi connectivity index (χ0) is 14.5. The Morgan fingerprint density at radius 2 is 2.05 bits per heavy atom. The number of aliphatic hydroxyl groups excluding tert-OH is 1. The second-order valence-corrected chi connectivity index (χ2v) is 6.55. The third-order valence-corrected chi connectivity index (χ3v) is 3.33. The molecule has 0 bridgehead atoms. The average molecular weight is 379 g/mol. The van der Waals surface area contributed by atoms with Crippen LogP contribution in [0.25, 0.3) is 0 Å². The Balaban J connectivity index is 2.47. The number of rotatable bonds is 6. The molecule has 0 saturated carbocycles. The fraction of sp³-hybridized carbons (Fsp3) is 0.571. The zero-order valence-corrected chi connectivity index (χ0v) is 14.0. The van der Waals surface area contributed by atoms with E-state index < -0.39 is 6.10 Å². The van der Waals surface area contributed by atoms with Gasteiger partial charge in [-0.1, -0.05) is 0 Å². The van der Waals surface area contributed by atoms with Gasteiger partial charge in [-0.3, -0.25) is 0 Å². The molecule has 0 spiro atoms. The maximum atomic E-state index is 9.87. The summed E-state index contributed by atoms with van der Waals surface area (Å²) in [5, 5.41) is 13.1. The quantitative estimate of drug-likeness (QED) is 0.746. The van der Waals surface area contributed by atoms with Crippen molar-refractivity contribution in [3.05, 3.63) is 21.8 Å². The summed E-state index contributed by atoms with van der Waals surface area (Å²) in [5.41, 5.74) is -0.00856. The number of ether oxygens (including phenoxy) is 2. The number of aliphatic hydroxyl groups is 1. The van der Waals surface area contributed by atoms with Crippen LogP contribution in [-0.4, -0.2) is 37.0 Å². The highest BCUT2D eigenvalue weighted by molar-refractivity contribution is 14.1. The summed E-state index contributed by atoms with van der Waals surface area (Å²) in [7, 11) is 1.62. The van der Waals surface area contributed by atoms with Crippen molar-refractivity contribution in [3.8, 4) is 11.5 Å². The lowest BCUT2D eigenvalue weighted by Gasteiger charge is -2.23. The summed E-state index contributed by atoms with van der Waals surface area (Å²) < 4.78 is 11.8. The first-order valence-corrected chi connectivity index (χ1v) is 7.29. The lowest BCUT2D eigenvalue weighted by atomic mass is 10.1. The molecule has 0 heterocycles. The molecule has 0 aliphatic heterocycles. The zero-order valence-electron chi connectivity index (χ0n) is 11.9. The van der Waals surface area contributed by atoms with E-state index in [9.17, 15) is 5.11 Å². The van der Waals surface area contributed by atoms with Crippen LogP contribution >= 0.6 is 22.6 Å². The lowest BCUT2D eigenvalue weighted by molar-refractivity contribution is 0.0995. The van der Waals surface area contributed by atoms with Crippen molar-refractivity contribution in [1.29, 1.82) is 0 Å². The van der Waals surface area contributed by atoms with Crippen LogP contribution < -0.4 is 14.8 Å². The number of β-amino-alcohol motifs (C(OH)–C–C–N with tert-alkyl or cyclic N) is 1. The van der Waals surface area contributed by atoms with E-state index in [1.54, 1.807) is 7.11 Å². The first-order chi connectivity index (χ1) is 8.81. The van der Waals surface area contributed by atoms with E-state index in [-0.39, 0.29) is 12.1 Å². The largest absolute Gasteiger partial charge is 0.497 e. The van der Waals surface area contributed by atoms with Gasteiger partial charge in [-0.15, -0.1) is 0 Å². The molecule has 1 atom stereocenters. The van der Waals surface area contributed by atoms with E-state index in [2.05, 4.69) is 48.7 Å². The van der Waals surface area contributed by atoms with Gasteiger partial charge in [-0.05, 0) is 55.5 Å². The standard InChI is InChI=1S/C14H22INO3/c1-14(2,3)16-8-10(17)9-19-13-7-11(18-4)5-6-12(13)15/h5-7,10,16-17H,8-9H2,1-4H3. The first-order valence-electron chi connectivity index (χ1n) is 6.21. The van der Waals surface area contributed by atoms with Crippen LogP contribution in [0.3, 0.4) is 0 Å². The van der Waals surface area contributed by atoms with Crippen molar-refractivity contribution >= 4 is 22.6 Å². The van der Waals surface area contributed by atoms with E-state index in [0.717, 1.165) is 15.1 Å². The molecular formula is C14H22INO3. The predicted molar refractivity (Wildman–Crippen MR) is 85.0 cm³/mol. The number of nitrogens with one attached hydrogen (secondary N) is 1. The molecule has 108 valence electrons. The van der Waals surface area contributed by atoms with Crippen LogP contribution in [0.15, 0.2) is 18.2 Å². The minimum atomic E-state index is -0.541. The van der Waals surface area contributed by atoms with Gasteiger partial charge in [-0.2, -0.15) is 0 Å². The van der Waals surface area contributed by atoms with Gasteiger partial charge in [0.25, 0.3) is 0 Å². The van der Waals surface area contributed by atoms with Crippen molar-refractivity contribution in [2.75, 3.05) is 20.3 Å². The number of benzene rings is 1. The summed E-state index contributed by atoms with van der Waals surface area (Å²) in [4.78, 5) is 0. The average Bonchev–Trinajstić information content (AvgIpc) is 2.34. The summed E-state index contributed by atoms with van der Waals surface area (Å²) in [5.74, 6) is 1.48. The van der Waals surface area contributed by atoms with Gasteiger partial charge >= 0.3 is 0 Å². The highest BCUT2D eigenvalue weighted by Crippen LogP contribution is 2.26. The molecule has 1 rings (SSSR count). The Hall–Kier alpha value is -0.530. The Bertz CT molecular complexity index is 404. The second kappa shape index (κ2) is 7.31. The molecule has 0 aliphatic carbocycles. The Kier molecular flexibility index (Phi) is 6.35. The van der Waals surface area contributed by atoms with E-state index in [4.69, 9.17) is 9.47 Å². The maximum absolute atomic E-state index is 9.87. The number of hydrogen-bond acceptors (Lipinski definition) is 4. The summed E-state index contributed by atoms with van der Waals surface area (Å²) in [6.07, 6.45) is -0.541. The van der Waals surface area contributed by atoms with Gasteiger partial charge < -0.3 is 19.9 Å². The topological polar surface area (TPSA) is 50.7 Å². The monoisotopic (exact) mass is 379 g/mol. The van der Waals surface area contributed by atoms with Crippen molar-refractivity contribution in [2.45, 2.75) is 32.4 Å². The predicted octanol–water partition coefficient (Wildman–Crippen LogP) is 2.43. The Labute approximate surface area is 128 Å². The van der Waals surface area contributed by atoms with Gasteiger partial charge in [0.15, 0.2) is 0 Å². The molecule has 0 aromatic heterocycles. The normalized spacial score (nSPS) is 13.2. The smallest absolute Gasteiger partial charge is 0.136 e. The molecule has 2 N–H and O–H groups in total. The molecule has 0 fully saturated rings. The lowest BCUT2D eigenvalue weighted by Crippen LogP contribution is -2.42. The molecule has 0 amide bonds. The second-order valence-electron chi connectivity index (χ2n) is 5.39. The molecule has 0 aliphatic rings. The fourth-order valence-electron chi connectivity index (χ4n) is 1.39. The molecule has 5 heteroatoms. The fourth-order valence-corrected chi connectivity index (χ4v) is 1.88. The van der Waals surface area contributed by atoms with Crippen LogP contribution in [0.1, 0.15) is 20.8 Å². The van der Waals surface area contributed by atoms with Crippen LogP contribution in [0.2, 0.25) is 0 Å². The highest BCUT2D eigenvalue weighted by atomic mass is 127. The molecule has 4 nitrogen and oxygen atoms in total. The third kappa shape index (κ3) is 6.44. The van der Waals surface area contributed by atoms with Crippen LogP contribution in [0, 0.1) is 3.57 Å². The van der Waals surface area contributed by atoms with Crippen molar-refractivity contribution < 1.29 is 14.6 Å². The summed E-state index contributed by atoms with van der Waals surface area (Å²) >= 11 is 2.20. The van der Waals surface area contributed by atoms with Crippen LogP contribution in [0.5, 0.6) is 11.5 Å². The van der Waals surface area contributed by atoms with Crippen molar-refractivity contribution in [3.63, 3.8) is 0 Å². The molecule has 1 aromatic carbocycles. The minimum Gasteiger partial charge on any atom is -0.497 e.